The van der Waals surface area contributed by atoms with Gasteiger partial charge in [0, 0.05) is 14.6 Å². The lowest BCUT2D eigenvalue weighted by molar-refractivity contribution is 0.475. The number of aromatic hydroxyl groups is 1. The Balaban J connectivity index is 2.35. The van der Waals surface area contributed by atoms with E-state index in [4.69, 9.17) is 5.11 Å². The zero-order valence-corrected chi connectivity index (χ0v) is 13.5. The van der Waals surface area contributed by atoms with Gasteiger partial charge in [-0.2, -0.15) is 0 Å². The second-order valence-corrected chi connectivity index (χ2v) is 7.15. The second-order valence-electron chi connectivity index (χ2n) is 3.73. The minimum Gasteiger partial charge on any atom is -0.508 e. The van der Waals surface area contributed by atoms with Crippen LogP contribution >= 0.6 is 31.9 Å². The van der Waals surface area contributed by atoms with Crippen LogP contribution in [-0.4, -0.2) is 13.5 Å². The average Bonchev–Trinajstić information content (AvgIpc) is 2.31. The number of hydrogen-bond acceptors (Lipinski definition) is 3. The van der Waals surface area contributed by atoms with Crippen molar-refractivity contribution in [2.24, 2.45) is 0 Å². The van der Waals surface area contributed by atoms with Crippen LogP contribution in [0.3, 0.4) is 0 Å². The summed E-state index contributed by atoms with van der Waals surface area (Å²) in [6.45, 7) is 0. The van der Waals surface area contributed by atoms with Crippen LogP contribution in [0.1, 0.15) is 0 Å². The quantitative estimate of drug-likeness (QED) is 0.763. The third kappa shape index (κ3) is 3.49. The van der Waals surface area contributed by atoms with Gasteiger partial charge in [0.05, 0.1) is 0 Å². The molecule has 0 saturated heterocycles. The first-order valence-electron chi connectivity index (χ1n) is 5.15. The molecule has 2 rings (SSSR count). The lowest BCUT2D eigenvalue weighted by atomic mass is 10.3. The molecular formula is C12H9Br2NO3S. The van der Waals surface area contributed by atoms with E-state index in [1.807, 2.05) is 0 Å². The Morgan fingerprint density at radius 3 is 2.21 bits per heavy atom. The number of nitrogens with one attached hydrogen (secondary N) is 1. The fraction of sp³-hybridized carbons (Fsp3) is 0. The number of anilines is 1. The van der Waals surface area contributed by atoms with E-state index in [0.29, 0.717) is 10.2 Å². The van der Waals surface area contributed by atoms with E-state index in [0.717, 1.165) is 4.47 Å². The van der Waals surface area contributed by atoms with Crippen molar-refractivity contribution in [2.45, 2.75) is 4.90 Å². The van der Waals surface area contributed by atoms with Crippen LogP contribution in [0.15, 0.2) is 56.3 Å². The minimum atomic E-state index is -3.67. The molecule has 0 fully saturated rings. The molecule has 0 aromatic heterocycles. The van der Waals surface area contributed by atoms with Crippen molar-refractivity contribution in [2.75, 3.05) is 4.72 Å². The Labute approximate surface area is 127 Å². The summed E-state index contributed by atoms with van der Waals surface area (Å²) in [7, 11) is -3.67. The maximum Gasteiger partial charge on any atom is 0.263 e. The summed E-state index contributed by atoms with van der Waals surface area (Å²) in [6.07, 6.45) is 0. The highest BCUT2D eigenvalue weighted by molar-refractivity contribution is 9.11. The van der Waals surface area contributed by atoms with Gasteiger partial charge < -0.3 is 5.11 Å². The molecule has 0 atom stereocenters. The second kappa shape index (κ2) is 5.52. The molecule has 0 amide bonds. The molecule has 0 unspecified atom stereocenters. The van der Waals surface area contributed by atoms with Crippen LogP contribution < -0.4 is 4.72 Å². The number of rotatable bonds is 3. The van der Waals surface area contributed by atoms with E-state index in [9.17, 15) is 8.42 Å². The van der Waals surface area contributed by atoms with E-state index < -0.39 is 10.0 Å². The Kier molecular flexibility index (Phi) is 4.17. The number of phenolic OH excluding ortho intramolecular Hbond substituents is 1. The predicted molar refractivity (Wildman–Crippen MR) is 80.8 cm³/mol. The van der Waals surface area contributed by atoms with Gasteiger partial charge in [-0.3, -0.25) is 4.72 Å². The van der Waals surface area contributed by atoms with Crippen LogP contribution in [0.25, 0.3) is 0 Å². The number of hydrogen-bond donors (Lipinski definition) is 2. The average molecular weight is 407 g/mol. The van der Waals surface area contributed by atoms with Crippen molar-refractivity contribution >= 4 is 47.6 Å². The predicted octanol–water partition coefficient (Wildman–Crippen LogP) is 3.72. The molecule has 2 N–H and O–H groups in total. The fourth-order valence-corrected chi connectivity index (χ4v) is 4.24. The van der Waals surface area contributed by atoms with Crippen LogP contribution in [0.2, 0.25) is 0 Å². The lowest BCUT2D eigenvalue weighted by Gasteiger charge is -2.10. The molecule has 19 heavy (non-hydrogen) atoms. The molecule has 0 aliphatic rings. The van der Waals surface area contributed by atoms with Gasteiger partial charge in [-0.15, -0.1) is 0 Å². The topological polar surface area (TPSA) is 66.4 Å². The smallest absolute Gasteiger partial charge is 0.263 e. The molecule has 0 spiro atoms. The first-order chi connectivity index (χ1) is 8.88. The summed E-state index contributed by atoms with van der Waals surface area (Å²) in [5.74, 6) is 0.0766. The maximum absolute atomic E-state index is 12.2. The van der Waals surface area contributed by atoms with Gasteiger partial charge in [0.1, 0.15) is 10.6 Å². The van der Waals surface area contributed by atoms with Crippen LogP contribution in [0.4, 0.5) is 5.69 Å². The number of phenols is 1. The van der Waals surface area contributed by atoms with Crippen LogP contribution in [-0.2, 0) is 10.0 Å². The molecule has 2 aromatic rings. The normalized spacial score (nSPS) is 11.3. The highest BCUT2D eigenvalue weighted by Gasteiger charge is 2.17. The van der Waals surface area contributed by atoms with Gasteiger partial charge in [0.15, 0.2) is 0 Å². The Bertz CT molecular complexity index is 699. The number of halogens is 2. The first-order valence-corrected chi connectivity index (χ1v) is 8.22. The highest BCUT2D eigenvalue weighted by Crippen LogP contribution is 2.27. The third-order valence-corrected chi connectivity index (χ3v) is 5.15. The molecule has 100 valence electrons. The summed E-state index contributed by atoms with van der Waals surface area (Å²) < 4.78 is 28.1. The van der Waals surface area contributed by atoms with Crippen molar-refractivity contribution in [1.29, 1.82) is 0 Å². The van der Waals surface area contributed by atoms with Gasteiger partial charge in [0.25, 0.3) is 10.0 Å². The van der Waals surface area contributed by atoms with Crippen molar-refractivity contribution in [3.05, 3.63) is 51.4 Å². The highest BCUT2D eigenvalue weighted by atomic mass is 79.9. The zero-order valence-electron chi connectivity index (χ0n) is 9.47. The summed E-state index contributed by atoms with van der Waals surface area (Å²) in [5, 5.41) is 9.16. The van der Waals surface area contributed by atoms with Gasteiger partial charge >= 0.3 is 0 Å². The Morgan fingerprint density at radius 2 is 1.63 bits per heavy atom. The molecule has 7 heteroatoms. The number of sulfonamides is 1. The summed E-state index contributed by atoms with van der Waals surface area (Å²) in [4.78, 5) is 0.142. The van der Waals surface area contributed by atoms with E-state index in [1.54, 1.807) is 12.1 Å². The van der Waals surface area contributed by atoms with Crippen LogP contribution in [0.5, 0.6) is 5.75 Å². The Hall–Kier alpha value is -1.05. The van der Waals surface area contributed by atoms with E-state index in [1.165, 1.54) is 30.3 Å². The van der Waals surface area contributed by atoms with Crippen LogP contribution in [0, 0.1) is 0 Å². The largest absolute Gasteiger partial charge is 0.508 e. The monoisotopic (exact) mass is 405 g/mol. The van der Waals surface area contributed by atoms with Gasteiger partial charge in [-0.25, -0.2) is 8.42 Å². The SMILES string of the molecule is O=S(=O)(Nc1ccc(O)cc1)c1ccc(Br)cc1Br. The van der Waals surface area contributed by atoms with E-state index >= 15 is 0 Å². The summed E-state index contributed by atoms with van der Waals surface area (Å²) in [5.41, 5.74) is 0.382. The van der Waals surface area contributed by atoms with Crippen molar-refractivity contribution < 1.29 is 13.5 Å². The van der Waals surface area contributed by atoms with Crippen molar-refractivity contribution in [3.63, 3.8) is 0 Å². The van der Waals surface area contributed by atoms with Crippen molar-refractivity contribution in [1.82, 2.24) is 0 Å². The molecule has 0 bridgehead atoms. The van der Waals surface area contributed by atoms with Gasteiger partial charge in [-0.05, 0) is 58.4 Å². The maximum atomic E-state index is 12.2. The zero-order chi connectivity index (χ0) is 14.0. The summed E-state index contributed by atoms with van der Waals surface area (Å²) >= 11 is 6.48. The molecular weight excluding hydrogens is 398 g/mol. The Morgan fingerprint density at radius 1 is 1.00 bits per heavy atom. The van der Waals surface area contributed by atoms with Crippen molar-refractivity contribution in [3.8, 4) is 5.75 Å². The van der Waals surface area contributed by atoms with Gasteiger partial charge in [0.2, 0.25) is 0 Å². The fourth-order valence-electron chi connectivity index (χ4n) is 1.43. The van der Waals surface area contributed by atoms with E-state index in [-0.39, 0.29) is 10.6 Å². The standard InChI is InChI=1S/C12H9Br2NO3S/c13-8-1-6-12(11(14)7-8)19(17,18)15-9-2-4-10(16)5-3-9/h1-7,15-16H. The summed E-state index contributed by atoms with van der Waals surface area (Å²) in [6, 6.07) is 10.6. The number of benzene rings is 2. The van der Waals surface area contributed by atoms with Gasteiger partial charge in [-0.1, -0.05) is 15.9 Å². The molecule has 0 saturated carbocycles. The third-order valence-electron chi connectivity index (χ3n) is 2.30. The molecule has 0 radical (unpaired) electrons. The minimum absolute atomic E-state index is 0.0766. The molecule has 4 nitrogen and oxygen atoms in total. The lowest BCUT2D eigenvalue weighted by Crippen LogP contribution is -2.13. The van der Waals surface area contributed by atoms with E-state index in [2.05, 4.69) is 36.6 Å². The molecule has 2 aromatic carbocycles. The molecule has 0 heterocycles. The first kappa shape index (κ1) is 14.4. The molecule has 0 aliphatic carbocycles. The molecule has 0 aliphatic heterocycles.